The number of hydrogen-bond acceptors (Lipinski definition) is 1. The van der Waals surface area contributed by atoms with E-state index in [4.69, 9.17) is 4.74 Å². The highest BCUT2D eigenvalue weighted by Crippen LogP contribution is 2.13. The van der Waals surface area contributed by atoms with Crippen LogP contribution in [0.3, 0.4) is 0 Å². The molecule has 0 radical (unpaired) electrons. The van der Waals surface area contributed by atoms with Gasteiger partial charge in [-0.15, -0.1) is 0 Å². The predicted molar refractivity (Wildman–Crippen MR) is 74.5 cm³/mol. The molecule has 1 aromatic carbocycles. The van der Waals surface area contributed by atoms with Crippen molar-refractivity contribution in [1.82, 2.24) is 0 Å². The minimum absolute atomic E-state index is 0.731. The molecule has 0 aliphatic rings. The molecule has 0 unspecified atom stereocenters. The van der Waals surface area contributed by atoms with Gasteiger partial charge in [-0.2, -0.15) is 0 Å². The second kappa shape index (κ2) is 7.94. The Morgan fingerprint density at radius 3 is 2.65 bits per heavy atom. The molecule has 0 aromatic heterocycles. The topological polar surface area (TPSA) is 9.23 Å². The van der Waals surface area contributed by atoms with Crippen LogP contribution < -0.4 is 4.74 Å². The Morgan fingerprint density at radius 2 is 2.00 bits per heavy atom. The molecule has 94 valence electrons. The first kappa shape index (κ1) is 13.8. The third-order valence-corrected chi connectivity index (χ3v) is 3.00. The second-order valence-electron chi connectivity index (χ2n) is 4.46. The summed E-state index contributed by atoms with van der Waals surface area (Å²) in [6.45, 7) is 7.32. The van der Waals surface area contributed by atoms with Crippen molar-refractivity contribution in [1.29, 1.82) is 0 Å². The van der Waals surface area contributed by atoms with Crippen LogP contribution in [0.4, 0.5) is 0 Å². The maximum absolute atomic E-state index is 5.68. The monoisotopic (exact) mass is 232 g/mol. The van der Waals surface area contributed by atoms with E-state index in [1.807, 2.05) is 12.1 Å². The van der Waals surface area contributed by atoms with E-state index in [1.54, 1.807) is 0 Å². The molecular formula is C16H24O. The summed E-state index contributed by atoms with van der Waals surface area (Å²) in [6, 6.07) is 8.20. The van der Waals surface area contributed by atoms with Gasteiger partial charge in [0.05, 0.1) is 6.61 Å². The van der Waals surface area contributed by atoms with Gasteiger partial charge in [-0.1, -0.05) is 38.1 Å². The Balaban J connectivity index is 2.24. The highest BCUT2D eigenvalue weighted by molar-refractivity contribution is 5.27. The van der Waals surface area contributed by atoms with Crippen molar-refractivity contribution in [3.05, 3.63) is 42.0 Å². The van der Waals surface area contributed by atoms with Gasteiger partial charge in [-0.05, 0) is 49.8 Å². The van der Waals surface area contributed by atoms with Gasteiger partial charge in [-0.25, -0.2) is 0 Å². The summed E-state index contributed by atoms with van der Waals surface area (Å²) >= 11 is 0. The molecule has 0 heterocycles. The fraction of sp³-hybridized carbons (Fsp3) is 0.500. The molecule has 1 aromatic rings. The van der Waals surface area contributed by atoms with E-state index in [1.165, 1.54) is 18.4 Å². The molecule has 0 saturated heterocycles. The molecule has 0 aliphatic carbocycles. The van der Waals surface area contributed by atoms with E-state index in [9.17, 15) is 0 Å². The lowest BCUT2D eigenvalue weighted by molar-refractivity contribution is 0.324. The van der Waals surface area contributed by atoms with Gasteiger partial charge in [0.2, 0.25) is 0 Å². The van der Waals surface area contributed by atoms with Crippen molar-refractivity contribution < 1.29 is 4.74 Å². The number of rotatable bonds is 7. The number of allylic oxidation sites excluding steroid dienone is 1. The third kappa shape index (κ3) is 5.58. The largest absolute Gasteiger partial charge is 0.493 e. The summed E-state index contributed by atoms with van der Waals surface area (Å²) in [7, 11) is 0. The highest BCUT2D eigenvalue weighted by Gasteiger charge is 1.96. The summed E-state index contributed by atoms with van der Waals surface area (Å²) in [5.41, 5.74) is 1.25. The Bertz CT molecular complexity index is 337. The zero-order valence-electron chi connectivity index (χ0n) is 11.3. The average Bonchev–Trinajstić information content (AvgIpc) is 2.34. The highest BCUT2D eigenvalue weighted by atomic mass is 16.5. The predicted octanol–water partition coefficient (Wildman–Crippen LogP) is 4.76. The minimum atomic E-state index is 0.731. The molecular weight excluding hydrogens is 208 g/mol. The first-order valence-corrected chi connectivity index (χ1v) is 6.62. The normalized spacial score (nSPS) is 11.3. The maximum Gasteiger partial charge on any atom is 0.119 e. The van der Waals surface area contributed by atoms with Crippen LogP contribution in [0.1, 0.15) is 38.7 Å². The number of aryl methyl sites for hydroxylation is 1. The first-order valence-electron chi connectivity index (χ1n) is 6.62. The summed E-state index contributed by atoms with van der Waals surface area (Å²) in [6.07, 6.45) is 8.01. The quantitative estimate of drug-likeness (QED) is 0.486. The van der Waals surface area contributed by atoms with Crippen molar-refractivity contribution in [2.45, 2.75) is 40.0 Å². The van der Waals surface area contributed by atoms with Gasteiger partial charge in [0.15, 0.2) is 0 Å². The van der Waals surface area contributed by atoms with Gasteiger partial charge in [0.1, 0.15) is 5.75 Å². The van der Waals surface area contributed by atoms with Crippen molar-refractivity contribution in [2.75, 3.05) is 6.61 Å². The molecule has 0 fully saturated rings. The van der Waals surface area contributed by atoms with Crippen LogP contribution in [0, 0.1) is 12.8 Å². The van der Waals surface area contributed by atoms with Crippen LogP contribution in [-0.2, 0) is 0 Å². The van der Waals surface area contributed by atoms with Gasteiger partial charge in [0.25, 0.3) is 0 Å². The number of ether oxygens (including phenoxy) is 1. The zero-order valence-corrected chi connectivity index (χ0v) is 11.3. The van der Waals surface area contributed by atoms with E-state index in [0.29, 0.717) is 0 Å². The van der Waals surface area contributed by atoms with Gasteiger partial charge in [-0.3, -0.25) is 0 Å². The van der Waals surface area contributed by atoms with Crippen molar-refractivity contribution in [3.8, 4) is 5.75 Å². The maximum atomic E-state index is 5.68. The molecule has 1 nitrogen and oxygen atoms in total. The summed E-state index contributed by atoms with van der Waals surface area (Å²) < 4.78 is 5.68. The molecule has 0 amide bonds. The van der Waals surface area contributed by atoms with E-state index in [2.05, 4.69) is 45.1 Å². The van der Waals surface area contributed by atoms with Crippen LogP contribution in [0.5, 0.6) is 5.75 Å². The average molecular weight is 232 g/mol. The molecule has 0 saturated carbocycles. The van der Waals surface area contributed by atoms with Crippen LogP contribution in [0.15, 0.2) is 36.4 Å². The van der Waals surface area contributed by atoms with Gasteiger partial charge < -0.3 is 4.74 Å². The Labute approximate surface area is 106 Å². The molecule has 0 spiro atoms. The van der Waals surface area contributed by atoms with Crippen LogP contribution in [0.25, 0.3) is 0 Å². The lowest BCUT2D eigenvalue weighted by atomic mass is 10.0. The van der Waals surface area contributed by atoms with E-state index in [0.717, 1.165) is 24.7 Å². The third-order valence-electron chi connectivity index (χ3n) is 3.00. The lowest BCUT2D eigenvalue weighted by Crippen LogP contribution is -1.96. The van der Waals surface area contributed by atoms with Crippen LogP contribution in [0.2, 0.25) is 0 Å². The second-order valence-corrected chi connectivity index (χ2v) is 4.46. The smallest absolute Gasteiger partial charge is 0.119 e. The SMILES string of the molecule is CCC(/C=C/CCOc1cccc(C)c1)CC. The van der Waals surface area contributed by atoms with E-state index in [-0.39, 0.29) is 0 Å². The standard InChI is InChI=1S/C16H24O/c1-4-15(5-2)10-6-7-12-17-16-11-8-9-14(3)13-16/h6,8-11,13,15H,4-5,7,12H2,1-3H3/b10-6+. The van der Waals surface area contributed by atoms with Crippen molar-refractivity contribution in [2.24, 2.45) is 5.92 Å². The molecule has 17 heavy (non-hydrogen) atoms. The summed E-state index contributed by atoms with van der Waals surface area (Å²) in [4.78, 5) is 0. The Kier molecular flexibility index (Phi) is 6.46. The van der Waals surface area contributed by atoms with Gasteiger partial charge >= 0.3 is 0 Å². The molecule has 0 aliphatic heterocycles. The summed E-state index contributed by atoms with van der Waals surface area (Å²) in [5.74, 6) is 1.70. The molecule has 1 heteroatoms. The van der Waals surface area contributed by atoms with Crippen molar-refractivity contribution >= 4 is 0 Å². The Morgan fingerprint density at radius 1 is 1.24 bits per heavy atom. The molecule has 0 atom stereocenters. The fourth-order valence-corrected chi connectivity index (χ4v) is 1.80. The van der Waals surface area contributed by atoms with E-state index < -0.39 is 0 Å². The van der Waals surface area contributed by atoms with Crippen LogP contribution >= 0.6 is 0 Å². The number of hydrogen-bond donors (Lipinski definition) is 0. The Hall–Kier alpha value is -1.24. The zero-order chi connectivity index (χ0) is 12.5. The van der Waals surface area contributed by atoms with Gasteiger partial charge in [0, 0.05) is 0 Å². The number of benzene rings is 1. The fourth-order valence-electron chi connectivity index (χ4n) is 1.80. The summed E-state index contributed by atoms with van der Waals surface area (Å²) in [5, 5.41) is 0. The van der Waals surface area contributed by atoms with Crippen molar-refractivity contribution in [3.63, 3.8) is 0 Å². The molecule has 0 N–H and O–H groups in total. The lowest BCUT2D eigenvalue weighted by Gasteiger charge is -2.06. The van der Waals surface area contributed by atoms with E-state index >= 15 is 0 Å². The first-order chi connectivity index (χ1) is 8.26. The molecule has 0 bridgehead atoms. The van der Waals surface area contributed by atoms with Crippen LogP contribution in [-0.4, -0.2) is 6.61 Å². The minimum Gasteiger partial charge on any atom is -0.493 e. The molecule has 1 rings (SSSR count).